The zero-order valence-electron chi connectivity index (χ0n) is 12.9. The summed E-state index contributed by atoms with van der Waals surface area (Å²) < 4.78 is 0. The van der Waals surface area contributed by atoms with Crippen molar-refractivity contribution in [3.8, 4) is 0 Å². The third-order valence-electron chi connectivity index (χ3n) is 4.32. The van der Waals surface area contributed by atoms with Gasteiger partial charge in [0.25, 0.3) is 5.91 Å². The van der Waals surface area contributed by atoms with Crippen molar-refractivity contribution in [2.45, 2.75) is 25.7 Å². The number of benzene rings is 2. The second-order valence-electron chi connectivity index (χ2n) is 6.17. The van der Waals surface area contributed by atoms with E-state index in [1.807, 2.05) is 62.4 Å². The number of hydrogen-bond acceptors (Lipinski definition) is 2. The minimum atomic E-state index is -0.665. The van der Waals surface area contributed by atoms with Gasteiger partial charge < -0.3 is 0 Å². The van der Waals surface area contributed by atoms with Crippen molar-refractivity contribution in [1.82, 2.24) is 4.90 Å². The molecule has 3 heteroatoms. The van der Waals surface area contributed by atoms with Gasteiger partial charge in [-0.25, -0.2) is 0 Å². The maximum atomic E-state index is 12.7. The predicted octanol–water partition coefficient (Wildman–Crippen LogP) is 3.19. The van der Waals surface area contributed by atoms with Crippen molar-refractivity contribution in [1.29, 1.82) is 0 Å². The number of carbonyl (C=O) groups is 2. The van der Waals surface area contributed by atoms with Gasteiger partial charge in [0.2, 0.25) is 5.91 Å². The van der Waals surface area contributed by atoms with E-state index in [0.717, 1.165) is 11.1 Å². The largest absolute Gasteiger partial charge is 0.277 e. The van der Waals surface area contributed by atoms with Gasteiger partial charge in [-0.2, -0.15) is 0 Å². The molecular formula is C19H19NO2. The van der Waals surface area contributed by atoms with E-state index in [1.54, 1.807) is 6.07 Å². The maximum Gasteiger partial charge on any atom is 0.260 e. The van der Waals surface area contributed by atoms with Crippen LogP contribution in [0.25, 0.3) is 0 Å². The molecule has 2 aromatic rings. The van der Waals surface area contributed by atoms with E-state index < -0.39 is 5.41 Å². The minimum Gasteiger partial charge on any atom is -0.277 e. The summed E-state index contributed by atoms with van der Waals surface area (Å²) in [5.41, 5.74) is 1.92. The molecule has 1 heterocycles. The Kier molecular flexibility index (Phi) is 3.57. The normalized spacial score (nSPS) is 16.5. The first-order chi connectivity index (χ1) is 10.5. The van der Waals surface area contributed by atoms with Crippen molar-refractivity contribution in [2.24, 2.45) is 0 Å². The van der Waals surface area contributed by atoms with Crippen LogP contribution in [-0.2, 0) is 16.6 Å². The molecule has 0 atom stereocenters. The first-order valence-electron chi connectivity index (χ1n) is 7.51. The molecule has 3 rings (SSSR count). The van der Waals surface area contributed by atoms with Gasteiger partial charge in [0.05, 0.1) is 5.41 Å². The molecule has 112 valence electrons. The van der Waals surface area contributed by atoms with Crippen LogP contribution < -0.4 is 0 Å². The van der Waals surface area contributed by atoms with Crippen LogP contribution >= 0.6 is 0 Å². The highest BCUT2D eigenvalue weighted by molar-refractivity contribution is 6.12. The van der Waals surface area contributed by atoms with E-state index in [0.29, 0.717) is 18.5 Å². The number of rotatable bonds is 3. The van der Waals surface area contributed by atoms with Gasteiger partial charge in [0.15, 0.2) is 0 Å². The molecule has 0 bridgehead atoms. The van der Waals surface area contributed by atoms with E-state index in [2.05, 4.69) is 0 Å². The summed E-state index contributed by atoms with van der Waals surface area (Å²) in [5.74, 6) is -0.303. The van der Waals surface area contributed by atoms with Gasteiger partial charge >= 0.3 is 0 Å². The summed E-state index contributed by atoms with van der Waals surface area (Å²) >= 11 is 0. The van der Waals surface area contributed by atoms with E-state index in [4.69, 9.17) is 0 Å². The first kappa shape index (κ1) is 14.5. The Hall–Kier alpha value is -2.42. The van der Waals surface area contributed by atoms with Gasteiger partial charge in [-0.3, -0.25) is 14.5 Å². The number of hydrogen-bond donors (Lipinski definition) is 0. The van der Waals surface area contributed by atoms with Crippen LogP contribution in [0.5, 0.6) is 0 Å². The first-order valence-corrected chi connectivity index (χ1v) is 7.51. The zero-order chi connectivity index (χ0) is 15.7. The standard InChI is InChI=1S/C19H19NO2/c1-19(2)16-11-7-6-10-15(16)17(21)20(18(19)22)13-12-14-8-4-3-5-9-14/h3-11H,12-13H2,1-2H3. The summed E-state index contributed by atoms with van der Waals surface area (Å²) in [6.07, 6.45) is 0.677. The van der Waals surface area contributed by atoms with Crippen molar-refractivity contribution in [3.63, 3.8) is 0 Å². The third kappa shape index (κ3) is 2.33. The average Bonchev–Trinajstić information content (AvgIpc) is 2.54. The Morgan fingerprint density at radius 2 is 1.55 bits per heavy atom. The molecule has 0 unspecified atom stereocenters. The summed E-state index contributed by atoms with van der Waals surface area (Å²) in [6.45, 7) is 4.19. The molecule has 1 aliphatic rings. The summed E-state index contributed by atoms with van der Waals surface area (Å²) in [6, 6.07) is 17.3. The van der Waals surface area contributed by atoms with Crippen LogP contribution in [0.15, 0.2) is 54.6 Å². The second-order valence-corrected chi connectivity index (χ2v) is 6.17. The molecule has 3 nitrogen and oxygen atoms in total. The van der Waals surface area contributed by atoms with Crippen LogP contribution in [0.1, 0.15) is 35.3 Å². The highest BCUT2D eigenvalue weighted by atomic mass is 16.2. The Bertz CT molecular complexity index is 719. The van der Waals surface area contributed by atoms with E-state index >= 15 is 0 Å². The molecule has 0 radical (unpaired) electrons. The molecule has 0 spiro atoms. The lowest BCUT2D eigenvalue weighted by molar-refractivity contribution is -0.134. The van der Waals surface area contributed by atoms with Crippen molar-refractivity contribution in [2.75, 3.05) is 6.54 Å². The molecule has 0 saturated heterocycles. The van der Waals surface area contributed by atoms with E-state index in [9.17, 15) is 9.59 Å². The van der Waals surface area contributed by atoms with Gasteiger partial charge in [-0.05, 0) is 37.5 Å². The number of fused-ring (bicyclic) bond motifs is 1. The SMILES string of the molecule is CC1(C)C(=O)N(CCc2ccccc2)C(=O)c2ccccc21. The van der Waals surface area contributed by atoms with Crippen molar-refractivity contribution in [3.05, 3.63) is 71.3 Å². The molecule has 2 aromatic carbocycles. The van der Waals surface area contributed by atoms with Gasteiger partial charge in [0.1, 0.15) is 0 Å². The number of nitrogens with zero attached hydrogens (tertiary/aromatic N) is 1. The van der Waals surface area contributed by atoms with Crippen LogP contribution in [0.2, 0.25) is 0 Å². The molecular weight excluding hydrogens is 274 g/mol. The quantitative estimate of drug-likeness (QED) is 0.815. The number of carbonyl (C=O) groups excluding carboxylic acids is 2. The minimum absolute atomic E-state index is 0.118. The molecule has 0 aliphatic carbocycles. The maximum absolute atomic E-state index is 12.7. The lowest BCUT2D eigenvalue weighted by Gasteiger charge is -2.37. The van der Waals surface area contributed by atoms with E-state index in [1.165, 1.54) is 4.90 Å². The topological polar surface area (TPSA) is 37.4 Å². The van der Waals surface area contributed by atoms with Crippen LogP contribution in [0.4, 0.5) is 0 Å². The number of amides is 2. The predicted molar refractivity (Wildman–Crippen MR) is 85.7 cm³/mol. The molecule has 2 amide bonds. The molecule has 0 fully saturated rings. The summed E-state index contributed by atoms with van der Waals surface area (Å²) in [7, 11) is 0. The highest BCUT2D eigenvalue weighted by Gasteiger charge is 2.43. The van der Waals surface area contributed by atoms with Crippen molar-refractivity contribution < 1.29 is 9.59 Å². The van der Waals surface area contributed by atoms with Gasteiger partial charge in [-0.1, -0.05) is 48.5 Å². The zero-order valence-corrected chi connectivity index (χ0v) is 12.9. The van der Waals surface area contributed by atoms with Crippen molar-refractivity contribution >= 4 is 11.8 Å². The molecule has 0 N–H and O–H groups in total. The second kappa shape index (κ2) is 5.41. The Labute approximate surface area is 130 Å². The Morgan fingerprint density at radius 1 is 0.909 bits per heavy atom. The fourth-order valence-corrected chi connectivity index (χ4v) is 2.99. The summed E-state index contributed by atoms with van der Waals surface area (Å²) in [5, 5.41) is 0. The Balaban J connectivity index is 1.90. The smallest absolute Gasteiger partial charge is 0.260 e. The van der Waals surface area contributed by atoms with Crippen LogP contribution in [0.3, 0.4) is 0 Å². The molecule has 22 heavy (non-hydrogen) atoms. The fraction of sp³-hybridized carbons (Fsp3) is 0.263. The van der Waals surface area contributed by atoms with Gasteiger partial charge in [0, 0.05) is 12.1 Å². The fourth-order valence-electron chi connectivity index (χ4n) is 2.99. The Morgan fingerprint density at radius 3 is 2.27 bits per heavy atom. The third-order valence-corrected chi connectivity index (χ3v) is 4.32. The molecule has 0 saturated carbocycles. The van der Waals surface area contributed by atoms with Gasteiger partial charge in [-0.15, -0.1) is 0 Å². The molecule has 0 aromatic heterocycles. The number of imide groups is 1. The van der Waals surface area contributed by atoms with Crippen LogP contribution in [-0.4, -0.2) is 23.3 Å². The van der Waals surface area contributed by atoms with Crippen LogP contribution in [0, 0.1) is 0 Å². The lowest BCUT2D eigenvalue weighted by atomic mass is 9.77. The monoisotopic (exact) mass is 293 g/mol. The average molecular weight is 293 g/mol. The molecule has 1 aliphatic heterocycles. The lowest BCUT2D eigenvalue weighted by Crippen LogP contribution is -2.52. The van der Waals surface area contributed by atoms with E-state index in [-0.39, 0.29) is 11.8 Å². The summed E-state index contributed by atoms with van der Waals surface area (Å²) in [4.78, 5) is 26.8. The highest BCUT2D eigenvalue weighted by Crippen LogP contribution is 2.34.